The molecule has 0 saturated carbocycles. The fourth-order valence-corrected chi connectivity index (χ4v) is 0.146. The van der Waals surface area contributed by atoms with E-state index in [2.05, 4.69) is 0 Å². The summed E-state index contributed by atoms with van der Waals surface area (Å²) in [5.41, 5.74) is 7.35. The van der Waals surface area contributed by atoms with Gasteiger partial charge in [0.25, 0.3) is 0 Å². The van der Waals surface area contributed by atoms with Crippen LogP contribution in [0.15, 0.2) is 0 Å². The van der Waals surface area contributed by atoms with Gasteiger partial charge in [-0.25, -0.2) is 0 Å². The lowest BCUT2D eigenvalue weighted by molar-refractivity contribution is -0.255. The lowest BCUT2D eigenvalue weighted by Crippen LogP contribution is -2.38. The number of alkyl halides is 5. The minimum absolute atomic E-state index is 0.882. The minimum Gasteiger partial charge on any atom is -0.362 e. The third-order valence-electron chi connectivity index (χ3n) is 0.598. The van der Waals surface area contributed by atoms with Gasteiger partial charge in [-0.15, -0.1) is 0 Å². The van der Waals surface area contributed by atoms with Crippen LogP contribution in [0.5, 0.6) is 0 Å². The first kappa shape index (κ1) is 9.03. The number of hydrogen-bond donors (Lipinski definition) is 0. The molecule has 0 aromatic carbocycles. The molecule has 58 valence electrons. The standard InChI is InChI=1S/C3HF5N2/c4-2(5,1-10-9)3(6,7)8/h1H. The molecule has 0 rings (SSSR count). The Hall–Kier alpha value is -0.970. The summed E-state index contributed by atoms with van der Waals surface area (Å²) < 4.78 is 56.2. The largest absolute Gasteiger partial charge is 0.465 e. The molecular formula is C3HF5N2. The van der Waals surface area contributed by atoms with E-state index in [1.807, 2.05) is 0 Å². The van der Waals surface area contributed by atoms with E-state index in [-0.39, 0.29) is 0 Å². The second-order valence-corrected chi connectivity index (χ2v) is 1.37. The Morgan fingerprint density at radius 1 is 1.10 bits per heavy atom. The van der Waals surface area contributed by atoms with Crippen molar-refractivity contribution in [2.45, 2.75) is 12.1 Å². The fourth-order valence-electron chi connectivity index (χ4n) is 0.146. The van der Waals surface area contributed by atoms with Gasteiger partial charge in [-0.1, -0.05) is 0 Å². The summed E-state index contributed by atoms with van der Waals surface area (Å²) in [5.74, 6) is -5.05. The number of hydrogen-bond acceptors (Lipinski definition) is 0. The molecule has 0 fully saturated rings. The van der Waals surface area contributed by atoms with Crippen LogP contribution in [0.2, 0.25) is 0 Å². The number of halogens is 5. The van der Waals surface area contributed by atoms with Crippen molar-refractivity contribution >= 4 is 6.21 Å². The molecule has 0 heterocycles. The van der Waals surface area contributed by atoms with E-state index >= 15 is 0 Å². The van der Waals surface area contributed by atoms with Crippen molar-refractivity contribution in [2.75, 3.05) is 0 Å². The van der Waals surface area contributed by atoms with Crippen molar-refractivity contribution in [1.29, 1.82) is 0 Å². The van der Waals surface area contributed by atoms with Gasteiger partial charge in [0, 0.05) is 0 Å². The molecule has 0 unspecified atom stereocenters. The Labute approximate surface area is 51.9 Å². The van der Waals surface area contributed by atoms with Crippen LogP contribution < -0.4 is 0 Å². The summed E-state index contributed by atoms with van der Waals surface area (Å²) >= 11 is 0. The predicted molar refractivity (Wildman–Crippen MR) is 20.7 cm³/mol. The lowest BCUT2D eigenvalue weighted by atomic mass is 10.4. The first-order valence-corrected chi connectivity index (χ1v) is 1.94. The Morgan fingerprint density at radius 3 is 1.60 bits per heavy atom. The van der Waals surface area contributed by atoms with Crippen LogP contribution in [0.1, 0.15) is 0 Å². The monoisotopic (exact) mass is 160 g/mol. The van der Waals surface area contributed by atoms with Crippen LogP contribution in [0, 0.1) is 0 Å². The van der Waals surface area contributed by atoms with Gasteiger partial charge in [0.2, 0.25) is 0 Å². The van der Waals surface area contributed by atoms with Crippen molar-refractivity contribution in [1.82, 2.24) is 0 Å². The molecular weight excluding hydrogens is 159 g/mol. The summed E-state index contributed by atoms with van der Waals surface area (Å²) in [5, 5.41) is 0. The topological polar surface area (TPSA) is 36.4 Å². The maximum atomic E-state index is 11.5. The smallest absolute Gasteiger partial charge is 0.362 e. The van der Waals surface area contributed by atoms with Crippen molar-refractivity contribution < 1.29 is 26.7 Å². The van der Waals surface area contributed by atoms with Gasteiger partial charge >= 0.3 is 18.3 Å². The van der Waals surface area contributed by atoms with Gasteiger partial charge in [-0.2, -0.15) is 26.7 Å². The summed E-state index contributed by atoms with van der Waals surface area (Å²) in [6.45, 7) is 0. The molecule has 0 N–H and O–H groups in total. The van der Waals surface area contributed by atoms with E-state index in [9.17, 15) is 22.0 Å². The van der Waals surface area contributed by atoms with E-state index < -0.39 is 18.3 Å². The Kier molecular flexibility index (Phi) is 2.11. The zero-order chi connectivity index (χ0) is 8.41. The van der Waals surface area contributed by atoms with Crippen LogP contribution in [0.3, 0.4) is 0 Å². The highest BCUT2D eigenvalue weighted by Crippen LogP contribution is 2.33. The van der Waals surface area contributed by atoms with Crippen molar-refractivity contribution in [3.05, 3.63) is 5.53 Å². The molecule has 0 spiro atoms. The van der Waals surface area contributed by atoms with Crippen LogP contribution >= 0.6 is 0 Å². The summed E-state index contributed by atoms with van der Waals surface area (Å²) in [6.07, 6.45) is -6.58. The summed E-state index contributed by atoms with van der Waals surface area (Å²) in [7, 11) is 0. The van der Waals surface area contributed by atoms with Crippen molar-refractivity contribution in [3.8, 4) is 0 Å². The van der Waals surface area contributed by atoms with Crippen LogP contribution in [0.25, 0.3) is 5.53 Å². The quantitative estimate of drug-likeness (QED) is 0.241. The van der Waals surface area contributed by atoms with Gasteiger partial charge < -0.3 is 5.53 Å². The van der Waals surface area contributed by atoms with Gasteiger partial charge in [0.1, 0.15) is 0 Å². The zero-order valence-corrected chi connectivity index (χ0v) is 4.36. The second-order valence-electron chi connectivity index (χ2n) is 1.37. The predicted octanol–water partition coefficient (Wildman–Crippen LogP) is 1.48. The minimum atomic E-state index is -5.70. The third kappa shape index (κ3) is 1.77. The average Bonchev–Trinajstić information content (AvgIpc) is 1.61. The van der Waals surface area contributed by atoms with E-state index in [1.165, 1.54) is 0 Å². The highest BCUT2D eigenvalue weighted by Gasteiger charge is 2.60. The van der Waals surface area contributed by atoms with Gasteiger partial charge in [0.05, 0.1) is 0 Å². The van der Waals surface area contributed by atoms with E-state index in [0.29, 0.717) is 0 Å². The summed E-state index contributed by atoms with van der Waals surface area (Å²) in [6, 6.07) is 0. The number of rotatable bonds is 1. The molecule has 0 aromatic heterocycles. The normalized spacial score (nSPS) is 12.5. The molecule has 0 aliphatic carbocycles. The Bertz CT molecular complexity index is 164. The molecule has 0 aliphatic rings. The van der Waals surface area contributed by atoms with E-state index in [4.69, 9.17) is 5.53 Å². The van der Waals surface area contributed by atoms with Gasteiger partial charge in [0.15, 0.2) is 0 Å². The fraction of sp³-hybridized carbons (Fsp3) is 0.667. The highest BCUT2D eigenvalue weighted by molar-refractivity contribution is 5.61. The molecule has 0 saturated heterocycles. The molecule has 0 radical (unpaired) electrons. The second kappa shape index (κ2) is 2.34. The van der Waals surface area contributed by atoms with Gasteiger partial charge in [-0.05, 0) is 0 Å². The Balaban J connectivity index is 4.56. The maximum absolute atomic E-state index is 11.5. The van der Waals surface area contributed by atoms with Crippen molar-refractivity contribution in [3.63, 3.8) is 0 Å². The maximum Gasteiger partial charge on any atom is 0.465 e. The molecule has 0 aromatic rings. The van der Waals surface area contributed by atoms with Crippen molar-refractivity contribution in [2.24, 2.45) is 0 Å². The molecule has 7 heteroatoms. The molecule has 0 atom stereocenters. The highest BCUT2D eigenvalue weighted by atomic mass is 19.4. The third-order valence-corrected chi connectivity index (χ3v) is 0.598. The molecule has 0 aliphatic heterocycles. The lowest BCUT2D eigenvalue weighted by Gasteiger charge is -2.09. The van der Waals surface area contributed by atoms with Crippen LogP contribution in [0.4, 0.5) is 22.0 Å². The molecule has 0 bridgehead atoms. The van der Waals surface area contributed by atoms with E-state index in [1.54, 1.807) is 4.79 Å². The van der Waals surface area contributed by atoms with Crippen LogP contribution in [-0.2, 0) is 0 Å². The zero-order valence-electron chi connectivity index (χ0n) is 4.36. The SMILES string of the molecule is [N-]=[N+]=CC(F)(F)C(F)(F)F. The average molecular weight is 160 g/mol. The van der Waals surface area contributed by atoms with Gasteiger partial charge in [-0.3, -0.25) is 0 Å². The molecule has 2 nitrogen and oxygen atoms in total. The van der Waals surface area contributed by atoms with Crippen LogP contribution in [-0.4, -0.2) is 23.1 Å². The molecule has 0 amide bonds. The molecule has 10 heavy (non-hydrogen) atoms. The first-order valence-electron chi connectivity index (χ1n) is 1.94. The Morgan fingerprint density at radius 2 is 1.50 bits per heavy atom. The summed E-state index contributed by atoms with van der Waals surface area (Å²) in [4.78, 5) is 1.58. The first-order chi connectivity index (χ1) is 4.31. The number of nitrogens with zero attached hydrogens (tertiary/aromatic N) is 2. The van der Waals surface area contributed by atoms with E-state index in [0.717, 1.165) is 0 Å².